The number of carbonyl (C=O) groups excluding carboxylic acids is 1. The molecular weight excluding hydrogens is 322 g/mol. The van der Waals surface area contributed by atoms with Gasteiger partial charge in [-0.25, -0.2) is 0 Å². The SMILES string of the molecule is CCCCCCCCCCCCCCCCCCC(=O)OC1CCCN1. The molecule has 3 heteroatoms. The third-order valence-electron chi connectivity index (χ3n) is 5.52. The Morgan fingerprint density at radius 3 is 1.65 bits per heavy atom. The normalized spacial score (nSPS) is 16.9. The van der Waals surface area contributed by atoms with Gasteiger partial charge in [0.2, 0.25) is 0 Å². The number of ether oxygens (including phenoxy) is 1. The van der Waals surface area contributed by atoms with Crippen LogP contribution in [0.5, 0.6) is 0 Å². The highest BCUT2D eigenvalue weighted by atomic mass is 16.6. The van der Waals surface area contributed by atoms with Gasteiger partial charge in [0.1, 0.15) is 0 Å². The Kier molecular flexibility index (Phi) is 16.1. The third kappa shape index (κ3) is 14.6. The zero-order valence-electron chi connectivity index (χ0n) is 17.5. The zero-order valence-corrected chi connectivity index (χ0v) is 17.5. The molecule has 0 aromatic heterocycles. The van der Waals surface area contributed by atoms with Crippen LogP contribution < -0.4 is 5.32 Å². The van der Waals surface area contributed by atoms with Crippen LogP contribution in [0.4, 0.5) is 0 Å². The maximum Gasteiger partial charge on any atom is 0.307 e. The van der Waals surface area contributed by atoms with Crippen LogP contribution in [0.3, 0.4) is 0 Å². The fourth-order valence-corrected chi connectivity index (χ4v) is 3.79. The summed E-state index contributed by atoms with van der Waals surface area (Å²) in [5.41, 5.74) is 0. The first-order valence-electron chi connectivity index (χ1n) is 11.8. The molecule has 26 heavy (non-hydrogen) atoms. The van der Waals surface area contributed by atoms with Crippen molar-refractivity contribution in [2.24, 2.45) is 0 Å². The van der Waals surface area contributed by atoms with E-state index in [1.165, 1.54) is 96.3 Å². The van der Waals surface area contributed by atoms with Crippen LogP contribution in [0.2, 0.25) is 0 Å². The van der Waals surface area contributed by atoms with Crippen LogP contribution in [0, 0.1) is 0 Å². The first-order valence-corrected chi connectivity index (χ1v) is 11.8. The van der Waals surface area contributed by atoms with Gasteiger partial charge >= 0.3 is 5.97 Å². The molecule has 0 aliphatic carbocycles. The molecule has 1 N–H and O–H groups in total. The second-order valence-corrected chi connectivity index (χ2v) is 8.13. The van der Waals surface area contributed by atoms with Crippen molar-refractivity contribution in [3.63, 3.8) is 0 Å². The van der Waals surface area contributed by atoms with Gasteiger partial charge < -0.3 is 4.74 Å². The Hall–Kier alpha value is -0.570. The van der Waals surface area contributed by atoms with Gasteiger partial charge in [0, 0.05) is 6.42 Å². The van der Waals surface area contributed by atoms with Crippen LogP contribution >= 0.6 is 0 Å². The van der Waals surface area contributed by atoms with Crippen molar-refractivity contribution in [1.29, 1.82) is 0 Å². The Morgan fingerprint density at radius 1 is 0.769 bits per heavy atom. The van der Waals surface area contributed by atoms with Crippen LogP contribution in [0.1, 0.15) is 129 Å². The maximum absolute atomic E-state index is 11.7. The number of carbonyl (C=O) groups is 1. The summed E-state index contributed by atoms with van der Waals surface area (Å²) in [7, 11) is 0. The van der Waals surface area contributed by atoms with Crippen molar-refractivity contribution in [2.75, 3.05) is 6.54 Å². The molecule has 1 unspecified atom stereocenters. The second-order valence-electron chi connectivity index (χ2n) is 8.13. The number of esters is 1. The van der Waals surface area contributed by atoms with Gasteiger partial charge in [-0.1, -0.05) is 103 Å². The summed E-state index contributed by atoms with van der Waals surface area (Å²) >= 11 is 0. The zero-order chi connectivity index (χ0) is 18.7. The molecule has 0 saturated carbocycles. The van der Waals surface area contributed by atoms with Crippen molar-refractivity contribution in [3.05, 3.63) is 0 Å². The van der Waals surface area contributed by atoms with Gasteiger partial charge in [0.25, 0.3) is 0 Å². The number of hydrogen-bond acceptors (Lipinski definition) is 3. The van der Waals surface area contributed by atoms with Gasteiger partial charge in [-0.05, 0) is 25.8 Å². The van der Waals surface area contributed by atoms with E-state index in [1.807, 2.05) is 0 Å². The van der Waals surface area contributed by atoms with E-state index < -0.39 is 0 Å². The van der Waals surface area contributed by atoms with Gasteiger partial charge in [0.15, 0.2) is 6.23 Å². The number of unbranched alkanes of at least 4 members (excludes halogenated alkanes) is 15. The van der Waals surface area contributed by atoms with E-state index in [0.29, 0.717) is 6.42 Å². The Balaban J connectivity index is 1.70. The number of rotatable bonds is 18. The highest BCUT2D eigenvalue weighted by Crippen LogP contribution is 2.14. The topological polar surface area (TPSA) is 38.3 Å². The van der Waals surface area contributed by atoms with Gasteiger partial charge in [0.05, 0.1) is 0 Å². The fourth-order valence-electron chi connectivity index (χ4n) is 3.79. The summed E-state index contributed by atoms with van der Waals surface area (Å²) in [5.74, 6) is -0.0187. The van der Waals surface area contributed by atoms with Gasteiger partial charge in [-0.3, -0.25) is 10.1 Å². The molecule has 3 nitrogen and oxygen atoms in total. The lowest BCUT2D eigenvalue weighted by Gasteiger charge is -2.11. The van der Waals surface area contributed by atoms with E-state index >= 15 is 0 Å². The minimum Gasteiger partial charge on any atom is -0.447 e. The average molecular weight is 368 g/mol. The van der Waals surface area contributed by atoms with Gasteiger partial charge in [-0.2, -0.15) is 0 Å². The van der Waals surface area contributed by atoms with E-state index in [0.717, 1.165) is 25.8 Å². The molecule has 1 aliphatic rings. The quantitative estimate of drug-likeness (QED) is 0.212. The number of nitrogens with one attached hydrogen (secondary N) is 1. The van der Waals surface area contributed by atoms with E-state index in [-0.39, 0.29) is 12.2 Å². The van der Waals surface area contributed by atoms with Gasteiger partial charge in [-0.15, -0.1) is 0 Å². The molecular formula is C23H45NO2. The summed E-state index contributed by atoms with van der Waals surface area (Å²) in [6, 6.07) is 0. The summed E-state index contributed by atoms with van der Waals surface area (Å²) in [6.45, 7) is 3.27. The van der Waals surface area contributed by atoms with Crippen molar-refractivity contribution in [2.45, 2.75) is 135 Å². The van der Waals surface area contributed by atoms with E-state index in [1.54, 1.807) is 0 Å². The summed E-state index contributed by atoms with van der Waals surface area (Å²) in [5, 5.41) is 3.20. The summed E-state index contributed by atoms with van der Waals surface area (Å²) in [4.78, 5) is 11.7. The predicted molar refractivity (Wildman–Crippen MR) is 111 cm³/mol. The second kappa shape index (κ2) is 17.8. The lowest BCUT2D eigenvalue weighted by atomic mass is 10.0. The molecule has 1 fully saturated rings. The average Bonchev–Trinajstić information content (AvgIpc) is 3.14. The van der Waals surface area contributed by atoms with Crippen molar-refractivity contribution < 1.29 is 9.53 Å². The highest BCUT2D eigenvalue weighted by molar-refractivity contribution is 5.69. The van der Waals surface area contributed by atoms with Crippen molar-refractivity contribution in [1.82, 2.24) is 5.32 Å². The largest absolute Gasteiger partial charge is 0.447 e. The Bertz CT molecular complexity index is 313. The van der Waals surface area contributed by atoms with E-state index in [2.05, 4.69) is 12.2 Å². The molecule has 0 bridgehead atoms. The van der Waals surface area contributed by atoms with Crippen molar-refractivity contribution >= 4 is 5.97 Å². The molecule has 0 spiro atoms. The summed E-state index contributed by atoms with van der Waals surface area (Å²) < 4.78 is 5.39. The molecule has 1 aliphatic heterocycles. The Labute approximate surface area is 163 Å². The molecule has 154 valence electrons. The highest BCUT2D eigenvalue weighted by Gasteiger charge is 2.17. The summed E-state index contributed by atoms with van der Waals surface area (Å²) in [6.07, 6.45) is 24.5. The van der Waals surface area contributed by atoms with Crippen LogP contribution in [0.25, 0.3) is 0 Å². The van der Waals surface area contributed by atoms with Crippen LogP contribution in [-0.2, 0) is 9.53 Å². The minimum atomic E-state index is -0.0187. The van der Waals surface area contributed by atoms with E-state index in [4.69, 9.17) is 4.74 Å². The molecule has 1 saturated heterocycles. The molecule has 1 atom stereocenters. The lowest BCUT2D eigenvalue weighted by Crippen LogP contribution is -2.27. The molecule has 0 aromatic carbocycles. The van der Waals surface area contributed by atoms with Crippen molar-refractivity contribution in [3.8, 4) is 0 Å². The Morgan fingerprint density at radius 2 is 1.23 bits per heavy atom. The first-order chi connectivity index (χ1) is 12.8. The molecule has 0 amide bonds. The predicted octanol–water partition coefficient (Wildman–Crippen LogP) is 6.89. The minimum absolute atomic E-state index is 0.0106. The smallest absolute Gasteiger partial charge is 0.307 e. The molecule has 0 radical (unpaired) electrons. The third-order valence-corrected chi connectivity index (χ3v) is 5.52. The molecule has 1 rings (SSSR count). The van der Waals surface area contributed by atoms with Crippen LogP contribution in [-0.4, -0.2) is 18.7 Å². The molecule has 0 aromatic rings. The maximum atomic E-state index is 11.7. The monoisotopic (exact) mass is 367 g/mol. The molecule has 1 heterocycles. The number of hydrogen-bond donors (Lipinski definition) is 1. The van der Waals surface area contributed by atoms with Crippen LogP contribution in [0.15, 0.2) is 0 Å². The fraction of sp³-hybridized carbons (Fsp3) is 0.957. The first kappa shape index (κ1) is 23.5. The lowest BCUT2D eigenvalue weighted by molar-refractivity contribution is -0.149. The van der Waals surface area contributed by atoms with E-state index in [9.17, 15) is 4.79 Å². The standard InChI is InChI=1S/C23H45NO2/c1-2-3-4-5-6-7-8-9-10-11-12-13-14-15-16-17-20-23(25)26-22-19-18-21-24-22/h22,24H,2-21H2,1H3.